The van der Waals surface area contributed by atoms with E-state index < -0.39 is 5.82 Å². The number of halogens is 1. The molecular formula is C26H24FN5O4. The largest absolute Gasteiger partial charge is 0.485 e. The maximum atomic E-state index is 14.2. The molecule has 4 aromatic rings. The van der Waals surface area contributed by atoms with E-state index in [4.69, 9.17) is 24.4 Å². The molecule has 0 unspecified atom stereocenters. The minimum Gasteiger partial charge on any atom is -0.485 e. The topological polar surface area (TPSA) is 121 Å². The average molecular weight is 490 g/mol. The molecule has 0 bridgehead atoms. The first kappa shape index (κ1) is 23.4. The molecule has 0 atom stereocenters. The summed E-state index contributed by atoms with van der Waals surface area (Å²) in [6.45, 7) is 3.15. The number of nitrogens with two attached hydrogens (primary N) is 1. The van der Waals surface area contributed by atoms with Gasteiger partial charge in [0.2, 0.25) is 0 Å². The van der Waals surface area contributed by atoms with Crippen LogP contribution in [0.4, 0.5) is 10.1 Å². The van der Waals surface area contributed by atoms with Gasteiger partial charge < -0.3 is 24.4 Å². The van der Waals surface area contributed by atoms with Gasteiger partial charge in [-0.1, -0.05) is 0 Å². The number of benzene rings is 2. The van der Waals surface area contributed by atoms with E-state index in [9.17, 15) is 9.65 Å². The Morgan fingerprint density at radius 3 is 2.58 bits per heavy atom. The average Bonchev–Trinajstić information content (AvgIpc) is 3.45. The van der Waals surface area contributed by atoms with Crippen LogP contribution in [0.3, 0.4) is 0 Å². The normalized spacial score (nSPS) is 13.9. The molecule has 3 heterocycles. The summed E-state index contributed by atoms with van der Waals surface area (Å²) in [5.74, 6) is 1.76. The fraction of sp³-hybridized carbons (Fsp3) is 0.269. The van der Waals surface area contributed by atoms with Gasteiger partial charge in [-0.3, -0.25) is 0 Å². The maximum absolute atomic E-state index is 14.2. The van der Waals surface area contributed by atoms with Gasteiger partial charge in [0.1, 0.15) is 35.7 Å². The minimum absolute atomic E-state index is 0.114. The summed E-state index contributed by atoms with van der Waals surface area (Å²) in [7, 11) is 0. The quantitative estimate of drug-likeness (QED) is 0.384. The molecule has 1 aliphatic rings. The van der Waals surface area contributed by atoms with Crippen molar-refractivity contribution in [3.05, 3.63) is 77.5 Å². The van der Waals surface area contributed by atoms with E-state index in [-0.39, 0.29) is 18.3 Å². The third-order valence-electron chi connectivity index (χ3n) is 5.88. The summed E-state index contributed by atoms with van der Waals surface area (Å²) in [6, 6.07) is 13.2. The van der Waals surface area contributed by atoms with E-state index in [0.29, 0.717) is 53.4 Å². The van der Waals surface area contributed by atoms with Gasteiger partial charge in [0.25, 0.3) is 0 Å². The SMILES string of the molecule is Cc1ncc(COc2cc(F)cc(Oc3ccc(-n4nc(C5CCOCC5)c(N)c4C#N)cc3)c2)o1. The monoisotopic (exact) mass is 489 g/mol. The van der Waals surface area contributed by atoms with Crippen LogP contribution in [0.2, 0.25) is 0 Å². The Morgan fingerprint density at radius 2 is 1.89 bits per heavy atom. The molecule has 5 rings (SSSR count). The highest BCUT2D eigenvalue weighted by Crippen LogP contribution is 2.33. The van der Waals surface area contributed by atoms with Gasteiger partial charge in [-0.25, -0.2) is 14.1 Å². The molecule has 1 fully saturated rings. The van der Waals surface area contributed by atoms with Crippen molar-refractivity contribution in [2.24, 2.45) is 0 Å². The highest BCUT2D eigenvalue weighted by atomic mass is 19.1. The smallest absolute Gasteiger partial charge is 0.191 e. The van der Waals surface area contributed by atoms with E-state index in [1.165, 1.54) is 12.1 Å². The van der Waals surface area contributed by atoms with Crippen LogP contribution in [0.1, 0.15) is 41.8 Å². The number of nitrogens with zero attached hydrogens (tertiary/aromatic N) is 4. The third kappa shape index (κ3) is 5.01. The first-order chi connectivity index (χ1) is 17.5. The van der Waals surface area contributed by atoms with Crippen molar-refractivity contribution in [3.8, 4) is 29.0 Å². The predicted octanol–water partition coefficient (Wildman–Crippen LogP) is 5.03. The number of aromatic nitrogens is 3. The molecule has 1 saturated heterocycles. The van der Waals surface area contributed by atoms with Crippen LogP contribution >= 0.6 is 0 Å². The number of aryl methyl sites for hydroxylation is 1. The van der Waals surface area contributed by atoms with Gasteiger partial charge >= 0.3 is 0 Å². The summed E-state index contributed by atoms with van der Waals surface area (Å²) >= 11 is 0. The van der Waals surface area contributed by atoms with Crippen LogP contribution in [0.25, 0.3) is 5.69 Å². The number of rotatable bonds is 7. The van der Waals surface area contributed by atoms with Crippen LogP contribution < -0.4 is 15.2 Å². The van der Waals surface area contributed by atoms with Gasteiger partial charge in [0.15, 0.2) is 17.3 Å². The van der Waals surface area contributed by atoms with Crippen molar-refractivity contribution in [2.45, 2.75) is 32.3 Å². The van der Waals surface area contributed by atoms with Crippen LogP contribution in [0.5, 0.6) is 17.2 Å². The maximum Gasteiger partial charge on any atom is 0.191 e. The van der Waals surface area contributed by atoms with Gasteiger partial charge in [-0.15, -0.1) is 0 Å². The molecular weight excluding hydrogens is 465 g/mol. The van der Waals surface area contributed by atoms with Gasteiger partial charge in [0, 0.05) is 44.3 Å². The molecule has 1 aliphatic heterocycles. The Kier molecular flexibility index (Phi) is 6.56. The fourth-order valence-electron chi connectivity index (χ4n) is 4.11. The van der Waals surface area contributed by atoms with E-state index in [1.807, 2.05) is 0 Å². The van der Waals surface area contributed by atoms with Gasteiger partial charge in [0.05, 0.1) is 23.3 Å². The Balaban J connectivity index is 1.32. The third-order valence-corrected chi connectivity index (χ3v) is 5.88. The molecule has 184 valence electrons. The Hall–Kier alpha value is -4.36. The zero-order valence-corrected chi connectivity index (χ0v) is 19.6. The standard InChI is InChI=1S/C26H24FN5O4/c1-16-30-14-23(35-16)15-34-21-10-18(27)11-22(12-21)36-20-4-2-19(3-5-20)32-24(13-28)25(29)26(31-32)17-6-8-33-9-7-17/h2-5,10-12,14,17H,6-9,15,29H2,1H3. The van der Waals surface area contributed by atoms with Crippen molar-refractivity contribution >= 4 is 5.69 Å². The van der Waals surface area contributed by atoms with Crippen molar-refractivity contribution in [2.75, 3.05) is 18.9 Å². The number of hydrogen-bond acceptors (Lipinski definition) is 8. The first-order valence-electron chi connectivity index (χ1n) is 11.5. The molecule has 0 radical (unpaired) electrons. The van der Waals surface area contributed by atoms with E-state index in [1.54, 1.807) is 48.1 Å². The number of hydrogen-bond donors (Lipinski definition) is 1. The molecule has 2 N–H and O–H groups in total. The highest BCUT2D eigenvalue weighted by molar-refractivity contribution is 5.58. The summed E-state index contributed by atoms with van der Waals surface area (Å²) in [5, 5.41) is 14.3. The van der Waals surface area contributed by atoms with Crippen LogP contribution in [0, 0.1) is 24.1 Å². The number of nitrogen functional groups attached to an aromatic ring is 1. The number of oxazole rings is 1. The lowest BCUT2D eigenvalue weighted by molar-refractivity contribution is 0.0845. The molecule has 2 aromatic heterocycles. The van der Waals surface area contributed by atoms with Crippen molar-refractivity contribution in [1.82, 2.24) is 14.8 Å². The molecule has 0 amide bonds. The second kappa shape index (κ2) is 10.1. The molecule has 0 spiro atoms. The summed E-state index contributed by atoms with van der Waals surface area (Å²) in [5.41, 5.74) is 8.36. The van der Waals surface area contributed by atoms with E-state index >= 15 is 0 Å². The zero-order chi connectivity index (χ0) is 25.1. The molecule has 2 aromatic carbocycles. The Morgan fingerprint density at radius 1 is 1.14 bits per heavy atom. The van der Waals surface area contributed by atoms with E-state index in [0.717, 1.165) is 18.5 Å². The molecule has 0 saturated carbocycles. The summed E-state index contributed by atoms with van der Waals surface area (Å²) < 4.78 is 38.0. The Labute approximate surface area is 206 Å². The first-order valence-corrected chi connectivity index (χ1v) is 11.5. The second-order valence-corrected chi connectivity index (χ2v) is 8.41. The van der Waals surface area contributed by atoms with Gasteiger partial charge in [-0.2, -0.15) is 10.4 Å². The van der Waals surface area contributed by atoms with Crippen molar-refractivity contribution in [3.63, 3.8) is 0 Å². The summed E-state index contributed by atoms with van der Waals surface area (Å²) in [6.07, 6.45) is 3.19. The second-order valence-electron chi connectivity index (χ2n) is 8.41. The minimum atomic E-state index is -0.501. The fourth-order valence-corrected chi connectivity index (χ4v) is 4.11. The number of anilines is 1. The van der Waals surface area contributed by atoms with E-state index in [2.05, 4.69) is 16.2 Å². The number of ether oxygens (including phenoxy) is 3. The zero-order valence-electron chi connectivity index (χ0n) is 19.6. The Bertz CT molecular complexity index is 1400. The lowest BCUT2D eigenvalue weighted by Gasteiger charge is -2.20. The van der Waals surface area contributed by atoms with Crippen LogP contribution in [0.15, 0.2) is 53.1 Å². The van der Waals surface area contributed by atoms with Gasteiger partial charge in [-0.05, 0) is 37.1 Å². The lowest BCUT2D eigenvalue weighted by Crippen LogP contribution is -2.15. The summed E-state index contributed by atoms with van der Waals surface area (Å²) in [4.78, 5) is 4.01. The highest BCUT2D eigenvalue weighted by Gasteiger charge is 2.25. The van der Waals surface area contributed by atoms with Crippen molar-refractivity contribution < 1.29 is 23.0 Å². The molecule has 36 heavy (non-hydrogen) atoms. The van der Waals surface area contributed by atoms with Crippen LogP contribution in [-0.4, -0.2) is 28.0 Å². The molecule has 9 nitrogen and oxygen atoms in total. The predicted molar refractivity (Wildman–Crippen MR) is 128 cm³/mol. The number of nitriles is 1. The lowest BCUT2D eigenvalue weighted by atomic mass is 9.95. The van der Waals surface area contributed by atoms with Crippen LogP contribution in [-0.2, 0) is 11.3 Å². The molecule has 0 aliphatic carbocycles. The van der Waals surface area contributed by atoms with Crippen molar-refractivity contribution in [1.29, 1.82) is 5.26 Å². The molecule has 10 heteroatoms.